The summed E-state index contributed by atoms with van der Waals surface area (Å²) in [7, 11) is 0. The monoisotopic (exact) mass is 475 g/mol. The summed E-state index contributed by atoms with van der Waals surface area (Å²) in [5, 5.41) is 15.3. The van der Waals surface area contributed by atoms with E-state index < -0.39 is 11.6 Å². The van der Waals surface area contributed by atoms with E-state index in [9.17, 15) is 9.59 Å². The highest BCUT2D eigenvalue weighted by atomic mass is 32.1. The second-order valence-corrected chi connectivity index (χ2v) is 10.3. The van der Waals surface area contributed by atoms with E-state index in [0.29, 0.717) is 11.2 Å². The van der Waals surface area contributed by atoms with E-state index in [4.69, 9.17) is 0 Å². The van der Waals surface area contributed by atoms with E-state index in [0.717, 1.165) is 22.2 Å². The number of carbonyl (C=O) groups excluding carboxylic acids is 2. The van der Waals surface area contributed by atoms with E-state index in [2.05, 4.69) is 15.6 Å². The molecule has 2 heterocycles. The molecule has 0 spiro atoms. The van der Waals surface area contributed by atoms with Crippen LogP contribution in [-0.4, -0.2) is 32.3 Å². The van der Waals surface area contributed by atoms with E-state index in [1.165, 1.54) is 11.3 Å². The molecule has 0 aliphatic heterocycles. The van der Waals surface area contributed by atoms with Gasteiger partial charge in [-0.05, 0) is 86.3 Å². The Morgan fingerprint density at radius 2 is 1.88 bits per heavy atom. The molecule has 0 unspecified atom stereocenters. The van der Waals surface area contributed by atoms with Crippen LogP contribution in [0.4, 0.5) is 5.69 Å². The molecule has 0 aliphatic rings. The van der Waals surface area contributed by atoms with Gasteiger partial charge >= 0.3 is 0 Å². The van der Waals surface area contributed by atoms with Crippen LogP contribution in [0.25, 0.3) is 11.0 Å². The molecule has 34 heavy (non-hydrogen) atoms. The van der Waals surface area contributed by atoms with Crippen LogP contribution in [0.15, 0.2) is 59.3 Å². The molecule has 0 saturated carbocycles. The van der Waals surface area contributed by atoms with Crippen molar-refractivity contribution in [2.75, 3.05) is 4.90 Å². The summed E-state index contributed by atoms with van der Waals surface area (Å²) in [6, 6.07) is 14.5. The van der Waals surface area contributed by atoms with Crippen molar-refractivity contribution in [1.29, 1.82) is 0 Å². The first-order valence-electron chi connectivity index (χ1n) is 11.2. The number of hydrogen-bond acceptors (Lipinski definition) is 5. The highest BCUT2D eigenvalue weighted by Crippen LogP contribution is 2.33. The summed E-state index contributed by atoms with van der Waals surface area (Å²) in [5.41, 5.74) is 4.41. The molecular weight excluding hydrogens is 446 g/mol. The van der Waals surface area contributed by atoms with Crippen molar-refractivity contribution in [3.8, 4) is 0 Å². The fourth-order valence-electron chi connectivity index (χ4n) is 3.92. The number of hydrogen-bond donors (Lipinski definition) is 1. The number of aromatic nitrogens is 3. The molecule has 0 bridgehead atoms. The van der Waals surface area contributed by atoms with Crippen molar-refractivity contribution >= 4 is 39.9 Å². The average molecular weight is 476 g/mol. The summed E-state index contributed by atoms with van der Waals surface area (Å²) in [4.78, 5) is 29.3. The maximum Gasteiger partial charge on any atom is 0.249 e. The third-order valence-electron chi connectivity index (χ3n) is 5.46. The second-order valence-electron chi connectivity index (χ2n) is 9.49. The number of anilines is 1. The third-order valence-corrected chi connectivity index (χ3v) is 6.16. The zero-order chi connectivity index (χ0) is 24.5. The molecule has 176 valence electrons. The Bertz CT molecular complexity index is 1320. The minimum Gasteiger partial charge on any atom is -0.349 e. The van der Waals surface area contributed by atoms with Gasteiger partial charge in [-0.2, -0.15) is 11.3 Å². The first-order chi connectivity index (χ1) is 16.1. The molecule has 4 aromatic rings. The first-order valence-corrected chi connectivity index (χ1v) is 12.1. The standard InChI is InChI=1S/C26H29N5O2S/c1-17-10-11-18(2)22(14-17)31(23(32)15-30-21-9-7-6-8-20(21)28-29-30)24(19-12-13-34-16-19)25(33)27-26(3,4)5/h6-14,16,24H,15H2,1-5H3,(H,27,33)/t24-/m0/s1. The van der Waals surface area contributed by atoms with Crippen molar-refractivity contribution in [2.45, 2.75) is 52.7 Å². The molecule has 0 fully saturated rings. The molecule has 0 aliphatic carbocycles. The van der Waals surface area contributed by atoms with Gasteiger partial charge in [0.2, 0.25) is 11.8 Å². The van der Waals surface area contributed by atoms with Gasteiger partial charge in [0.15, 0.2) is 0 Å². The van der Waals surface area contributed by atoms with E-state index in [-0.39, 0.29) is 18.4 Å². The lowest BCUT2D eigenvalue weighted by Crippen LogP contribution is -2.50. The van der Waals surface area contributed by atoms with Gasteiger partial charge in [-0.25, -0.2) is 4.68 Å². The van der Waals surface area contributed by atoms with Gasteiger partial charge in [0.05, 0.1) is 5.52 Å². The Kier molecular flexibility index (Phi) is 6.52. The largest absolute Gasteiger partial charge is 0.349 e. The lowest BCUT2D eigenvalue weighted by molar-refractivity contribution is -0.128. The highest BCUT2D eigenvalue weighted by Gasteiger charge is 2.35. The van der Waals surface area contributed by atoms with Gasteiger partial charge in [0.25, 0.3) is 0 Å². The van der Waals surface area contributed by atoms with Crippen molar-refractivity contribution in [3.05, 3.63) is 76.0 Å². The quantitative estimate of drug-likeness (QED) is 0.434. The van der Waals surface area contributed by atoms with Crippen LogP contribution >= 0.6 is 11.3 Å². The Morgan fingerprint density at radius 3 is 2.59 bits per heavy atom. The van der Waals surface area contributed by atoms with Gasteiger partial charge in [0, 0.05) is 11.2 Å². The fourth-order valence-corrected chi connectivity index (χ4v) is 4.60. The van der Waals surface area contributed by atoms with Crippen molar-refractivity contribution in [3.63, 3.8) is 0 Å². The zero-order valence-electron chi connectivity index (χ0n) is 20.1. The summed E-state index contributed by atoms with van der Waals surface area (Å²) < 4.78 is 1.59. The second kappa shape index (κ2) is 9.38. The number of rotatable bonds is 6. The van der Waals surface area contributed by atoms with Crippen LogP contribution in [0, 0.1) is 13.8 Å². The van der Waals surface area contributed by atoms with Crippen LogP contribution in [0.2, 0.25) is 0 Å². The summed E-state index contributed by atoms with van der Waals surface area (Å²) in [5.74, 6) is -0.479. The van der Waals surface area contributed by atoms with Gasteiger partial charge in [-0.3, -0.25) is 14.5 Å². The SMILES string of the molecule is Cc1ccc(C)c(N(C(=O)Cn2nnc3ccccc32)[C@H](C(=O)NC(C)(C)C)c2ccsc2)c1. The molecule has 2 amide bonds. The summed E-state index contributed by atoms with van der Waals surface area (Å²) in [6.45, 7) is 9.68. The van der Waals surface area contributed by atoms with Gasteiger partial charge in [-0.15, -0.1) is 5.10 Å². The Hall–Kier alpha value is -3.52. The smallest absolute Gasteiger partial charge is 0.249 e. The maximum absolute atomic E-state index is 14.0. The third kappa shape index (κ3) is 5.02. The maximum atomic E-state index is 14.0. The molecule has 0 saturated heterocycles. The Morgan fingerprint density at radius 1 is 1.12 bits per heavy atom. The Balaban J connectivity index is 1.83. The van der Waals surface area contributed by atoms with E-state index in [1.807, 2.05) is 93.9 Å². The van der Waals surface area contributed by atoms with Crippen molar-refractivity contribution in [2.24, 2.45) is 0 Å². The molecular formula is C26H29N5O2S. The van der Waals surface area contributed by atoms with Crippen LogP contribution in [0.5, 0.6) is 0 Å². The van der Waals surface area contributed by atoms with Crippen LogP contribution in [0.1, 0.15) is 43.5 Å². The topological polar surface area (TPSA) is 80.1 Å². The number of benzene rings is 2. The molecule has 1 N–H and O–H groups in total. The minimum atomic E-state index is -0.826. The molecule has 0 radical (unpaired) electrons. The number of nitrogens with one attached hydrogen (secondary N) is 1. The van der Waals surface area contributed by atoms with Crippen molar-refractivity contribution < 1.29 is 9.59 Å². The first kappa shape index (κ1) is 23.6. The minimum absolute atomic E-state index is 0.0443. The predicted molar refractivity (Wildman–Crippen MR) is 136 cm³/mol. The lowest BCUT2D eigenvalue weighted by Gasteiger charge is -2.34. The number of nitrogens with zero attached hydrogens (tertiary/aromatic N) is 4. The normalized spacial score (nSPS) is 12.5. The number of fused-ring (bicyclic) bond motifs is 1. The molecule has 2 aromatic carbocycles. The molecule has 8 heteroatoms. The zero-order valence-corrected chi connectivity index (χ0v) is 20.9. The van der Waals surface area contributed by atoms with E-state index >= 15 is 0 Å². The molecule has 1 atom stereocenters. The summed E-state index contributed by atoms with van der Waals surface area (Å²) >= 11 is 1.50. The number of amides is 2. The Labute approximate surface area is 203 Å². The molecule has 2 aromatic heterocycles. The van der Waals surface area contributed by atoms with E-state index in [1.54, 1.807) is 9.58 Å². The number of thiophene rings is 1. The molecule has 4 rings (SSSR count). The summed E-state index contributed by atoms with van der Waals surface area (Å²) in [6.07, 6.45) is 0. The van der Waals surface area contributed by atoms with Gasteiger partial charge < -0.3 is 5.32 Å². The number of aryl methyl sites for hydroxylation is 2. The van der Waals surface area contributed by atoms with Gasteiger partial charge in [-0.1, -0.05) is 29.5 Å². The average Bonchev–Trinajstić information content (AvgIpc) is 3.43. The fraction of sp³-hybridized carbons (Fsp3) is 0.308. The lowest BCUT2D eigenvalue weighted by atomic mass is 10.0. The number of para-hydroxylation sites is 1. The predicted octanol–water partition coefficient (Wildman–Crippen LogP) is 4.80. The van der Waals surface area contributed by atoms with Gasteiger partial charge in [0.1, 0.15) is 18.1 Å². The molecule has 7 nitrogen and oxygen atoms in total. The number of carbonyl (C=O) groups is 2. The van der Waals surface area contributed by atoms with Crippen molar-refractivity contribution in [1.82, 2.24) is 20.3 Å². The van der Waals surface area contributed by atoms with Crippen LogP contribution < -0.4 is 10.2 Å². The highest BCUT2D eigenvalue weighted by molar-refractivity contribution is 7.08. The van der Waals surface area contributed by atoms with Crippen LogP contribution in [-0.2, 0) is 16.1 Å². The van der Waals surface area contributed by atoms with Crippen LogP contribution in [0.3, 0.4) is 0 Å².